The van der Waals surface area contributed by atoms with Gasteiger partial charge in [0, 0.05) is 6.54 Å². The third kappa shape index (κ3) is 4.91. The molecule has 0 aromatic heterocycles. The van der Waals surface area contributed by atoms with Crippen LogP contribution in [0, 0.1) is 12.7 Å². The fraction of sp³-hybridized carbons (Fsp3) is 0.263. The van der Waals surface area contributed by atoms with Gasteiger partial charge in [0.15, 0.2) is 6.10 Å². The van der Waals surface area contributed by atoms with Crippen LogP contribution in [0.15, 0.2) is 48.5 Å². The smallest absolute Gasteiger partial charge is 0.339 e. The Hall–Kier alpha value is -2.69. The van der Waals surface area contributed by atoms with Crippen LogP contribution in [0.3, 0.4) is 0 Å². The summed E-state index contributed by atoms with van der Waals surface area (Å²) in [4.78, 5) is 24.1. The number of amides is 1. The first-order valence-corrected chi connectivity index (χ1v) is 7.76. The topological polar surface area (TPSA) is 55.4 Å². The molecule has 5 heteroatoms. The van der Waals surface area contributed by atoms with E-state index in [2.05, 4.69) is 5.32 Å². The molecule has 2 aromatic carbocycles. The normalized spacial score (nSPS) is 11.6. The molecule has 0 saturated heterocycles. The minimum atomic E-state index is -0.884. The van der Waals surface area contributed by atoms with Crippen molar-refractivity contribution in [2.45, 2.75) is 26.4 Å². The lowest BCUT2D eigenvalue weighted by Crippen LogP contribution is -2.37. The Morgan fingerprint density at radius 2 is 1.79 bits per heavy atom. The van der Waals surface area contributed by atoms with Gasteiger partial charge in [-0.3, -0.25) is 4.79 Å². The van der Waals surface area contributed by atoms with Gasteiger partial charge in [-0.05, 0) is 49.6 Å². The van der Waals surface area contributed by atoms with Gasteiger partial charge in [0.1, 0.15) is 5.82 Å². The highest BCUT2D eigenvalue weighted by Gasteiger charge is 2.19. The molecule has 2 rings (SSSR count). The summed E-state index contributed by atoms with van der Waals surface area (Å²) in [6.07, 6.45) is -0.310. The van der Waals surface area contributed by atoms with E-state index in [-0.39, 0.29) is 11.7 Å². The second-order valence-corrected chi connectivity index (χ2v) is 5.53. The van der Waals surface area contributed by atoms with Crippen LogP contribution in [-0.4, -0.2) is 24.5 Å². The highest BCUT2D eigenvalue weighted by molar-refractivity contribution is 5.93. The molecular formula is C19H20FNO3. The number of rotatable bonds is 6. The average molecular weight is 329 g/mol. The molecule has 2 aromatic rings. The highest BCUT2D eigenvalue weighted by atomic mass is 19.1. The monoisotopic (exact) mass is 329 g/mol. The third-order valence-corrected chi connectivity index (χ3v) is 3.64. The van der Waals surface area contributed by atoms with Crippen LogP contribution < -0.4 is 5.32 Å². The molecule has 4 nitrogen and oxygen atoms in total. The molecule has 0 saturated carbocycles. The van der Waals surface area contributed by atoms with Crippen molar-refractivity contribution in [1.29, 1.82) is 0 Å². The minimum Gasteiger partial charge on any atom is -0.449 e. The quantitative estimate of drug-likeness (QED) is 0.829. The molecule has 0 aliphatic heterocycles. The number of carbonyl (C=O) groups is 2. The summed E-state index contributed by atoms with van der Waals surface area (Å²) in [5.74, 6) is -1.17. The molecule has 0 aliphatic carbocycles. The van der Waals surface area contributed by atoms with Crippen LogP contribution in [0.25, 0.3) is 0 Å². The number of halogens is 1. The number of carbonyl (C=O) groups excluding carboxylic acids is 2. The molecule has 126 valence electrons. The summed E-state index contributed by atoms with van der Waals surface area (Å²) >= 11 is 0. The Balaban J connectivity index is 1.80. The average Bonchev–Trinajstić information content (AvgIpc) is 2.56. The lowest BCUT2D eigenvalue weighted by Gasteiger charge is -2.14. The minimum absolute atomic E-state index is 0.292. The van der Waals surface area contributed by atoms with E-state index in [1.807, 2.05) is 19.1 Å². The fourth-order valence-electron chi connectivity index (χ4n) is 2.20. The second kappa shape index (κ2) is 8.24. The van der Waals surface area contributed by atoms with Crippen molar-refractivity contribution in [3.8, 4) is 0 Å². The maximum absolute atomic E-state index is 12.8. The number of aryl methyl sites for hydroxylation is 1. The number of esters is 1. The largest absolute Gasteiger partial charge is 0.449 e. The Labute approximate surface area is 140 Å². The summed E-state index contributed by atoms with van der Waals surface area (Å²) < 4.78 is 18.0. The lowest BCUT2D eigenvalue weighted by atomic mass is 10.1. The number of ether oxygens (including phenoxy) is 1. The van der Waals surface area contributed by atoms with Gasteiger partial charge in [-0.15, -0.1) is 0 Å². The van der Waals surface area contributed by atoms with Crippen molar-refractivity contribution < 1.29 is 18.7 Å². The standard InChI is InChI=1S/C19H20FNO3/c1-13-5-3-4-6-17(13)19(23)24-14(2)18(22)21-12-11-15-7-9-16(20)10-8-15/h3-10,14H,11-12H2,1-2H3,(H,21,22)/t14-/m1/s1. The van der Waals surface area contributed by atoms with Crippen molar-refractivity contribution >= 4 is 11.9 Å². The number of hydrogen-bond donors (Lipinski definition) is 1. The van der Waals surface area contributed by atoms with Crippen LogP contribution in [0.5, 0.6) is 0 Å². The van der Waals surface area contributed by atoms with E-state index in [4.69, 9.17) is 4.74 Å². The van der Waals surface area contributed by atoms with E-state index < -0.39 is 12.1 Å². The van der Waals surface area contributed by atoms with Crippen molar-refractivity contribution in [2.75, 3.05) is 6.54 Å². The fourth-order valence-corrected chi connectivity index (χ4v) is 2.20. The van der Waals surface area contributed by atoms with Gasteiger partial charge in [0.05, 0.1) is 5.56 Å². The van der Waals surface area contributed by atoms with E-state index in [1.54, 1.807) is 24.3 Å². The van der Waals surface area contributed by atoms with Crippen LogP contribution in [0.2, 0.25) is 0 Å². The SMILES string of the molecule is Cc1ccccc1C(=O)O[C@H](C)C(=O)NCCc1ccc(F)cc1. The Morgan fingerprint density at radius 3 is 2.46 bits per heavy atom. The molecule has 0 bridgehead atoms. The van der Waals surface area contributed by atoms with Gasteiger partial charge in [0.25, 0.3) is 5.91 Å². The van der Waals surface area contributed by atoms with Crippen LogP contribution in [0.1, 0.15) is 28.4 Å². The summed E-state index contributed by atoms with van der Waals surface area (Å²) in [6.45, 7) is 3.73. The predicted molar refractivity (Wildman–Crippen MR) is 89.2 cm³/mol. The van der Waals surface area contributed by atoms with E-state index >= 15 is 0 Å². The number of benzene rings is 2. The third-order valence-electron chi connectivity index (χ3n) is 3.64. The second-order valence-electron chi connectivity index (χ2n) is 5.53. The molecule has 1 atom stereocenters. The summed E-state index contributed by atoms with van der Waals surface area (Å²) in [5.41, 5.74) is 2.16. The van der Waals surface area contributed by atoms with Crippen molar-refractivity contribution in [3.63, 3.8) is 0 Å². The van der Waals surface area contributed by atoms with Gasteiger partial charge in [-0.25, -0.2) is 9.18 Å². The molecule has 1 N–H and O–H groups in total. The molecule has 0 unspecified atom stereocenters. The number of nitrogens with one attached hydrogen (secondary N) is 1. The molecule has 1 amide bonds. The van der Waals surface area contributed by atoms with Crippen LogP contribution in [-0.2, 0) is 16.0 Å². The summed E-state index contributed by atoms with van der Waals surface area (Å²) in [7, 11) is 0. The first-order valence-electron chi connectivity index (χ1n) is 7.76. The molecular weight excluding hydrogens is 309 g/mol. The summed E-state index contributed by atoms with van der Waals surface area (Å²) in [5, 5.41) is 2.71. The van der Waals surface area contributed by atoms with E-state index in [0.29, 0.717) is 18.5 Å². The van der Waals surface area contributed by atoms with Crippen LogP contribution >= 0.6 is 0 Å². The molecule has 0 aliphatic rings. The maximum Gasteiger partial charge on any atom is 0.339 e. The Kier molecular flexibility index (Phi) is 6.07. The zero-order valence-electron chi connectivity index (χ0n) is 13.7. The van der Waals surface area contributed by atoms with Gasteiger partial charge < -0.3 is 10.1 Å². The first-order chi connectivity index (χ1) is 11.5. The van der Waals surface area contributed by atoms with Crippen molar-refractivity contribution in [1.82, 2.24) is 5.32 Å². The molecule has 0 heterocycles. The van der Waals surface area contributed by atoms with Gasteiger partial charge in [0.2, 0.25) is 0 Å². The first kappa shape index (κ1) is 17.7. The van der Waals surface area contributed by atoms with Crippen LogP contribution in [0.4, 0.5) is 4.39 Å². The Bertz CT molecular complexity index is 713. The Morgan fingerprint density at radius 1 is 1.12 bits per heavy atom. The number of hydrogen-bond acceptors (Lipinski definition) is 3. The lowest BCUT2D eigenvalue weighted by molar-refractivity contribution is -0.129. The summed E-state index contributed by atoms with van der Waals surface area (Å²) in [6, 6.07) is 13.1. The predicted octanol–water partition coefficient (Wildman–Crippen LogP) is 3.04. The van der Waals surface area contributed by atoms with E-state index in [9.17, 15) is 14.0 Å². The zero-order chi connectivity index (χ0) is 17.5. The zero-order valence-corrected chi connectivity index (χ0v) is 13.7. The molecule has 0 spiro atoms. The van der Waals surface area contributed by atoms with E-state index in [0.717, 1.165) is 11.1 Å². The van der Waals surface area contributed by atoms with E-state index in [1.165, 1.54) is 19.1 Å². The van der Waals surface area contributed by atoms with Gasteiger partial charge >= 0.3 is 5.97 Å². The molecule has 0 fully saturated rings. The van der Waals surface area contributed by atoms with Crippen molar-refractivity contribution in [2.24, 2.45) is 0 Å². The molecule has 0 radical (unpaired) electrons. The van der Waals surface area contributed by atoms with Gasteiger partial charge in [-0.1, -0.05) is 30.3 Å². The highest BCUT2D eigenvalue weighted by Crippen LogP contribution is 2.10. The maximum atomic E-state index is 12.8. The van der Waals surface area contributed by atoms with Crippen molar-refractivity contribution in [3.05, 3.63) is 71.0 Å². The molecule has 24 heavy (non-hydrogen) atoms. The van der Waals surface area contributed by atoms with Gasteiger partial charge in [-0.2, -0.15) is 0 Å².